The summed E-state index contributed by atoms with van der Waals surface area (Å²) in [5, 5.41) is 8.77. The highest BCUT2D eigenvalue weighted by Gasteiger charge is 2.31. The quantitative estimate of drug-likeness (QED) is 0.875. The molecule has 0 radical (unpaired) electrons. The van der Waals surface area contributed by atoms with Gasteiger partial charge in [-0.2, -0.15) is 5.26 Å². The molecular weight excluding hydrogens is 324 g/mol. The van der Waals surface area contributed by atoms with Crippen molar-refractivity contribution in [2.24, 2.45) is 0 Å². The highest BCUT2D eigenvalue weighted by atomic mass is 35.5. The van der Waals surface area contributed by atoms with Crippen LogP contribution >= 0.6 is 11.6 Å². The molecule has 0 aromatic heterocycles. The number of nitrogens with zero attached hydrogens (tertiary/aromatic N) is 1. The lowest BCUT2D eigenvalue weighted by Gasteiger charge is -2.11. The number of hydrogen-bond acceptors (Lipinski definition) is 5. The number of halogens is 1. The van der Waals surface area contributed by atoms with E-state index in [4.69, 9.17) is 16.9 Å². The average Bonchev–Trinajstić information content (AvgIpc) is 2.67. The maximum atomic E-state index is 12.1. The first-order valence-electron chi connectivity index (χ1n) is 5.66. The summed E-state index contributed by atoms with van der Waals surface area (Å²) in [6.07, 6.45) is 0.256. The van der Waals surface area contributed by atoms with E-state index in [0.717, 1.165) is 0 Å². The lowest BCUT2D eigenvalue weighted by Crippen LogP contribution is -2.35. The first-order valence-corrected chi connectivity index (χ1v) is 9.34. The fourth-order valence-electron chi connectivity index (χ4n) is 1.93. The summed E-state index contributed by atoms with van der Waals surface area (Å²) >= 11 is 5.79. The van der Waals surface area contributed by atoms with Crippen LogP contribution in [-0.2, 0) is 19.9 Å². The maximum Gasteiger partial charge on any atom is 0.240 e. The second-order valence-corrected chi connectivity index (χ2v) is 8.82. The van der Waals surface area contributed by atoms with E-state index in [-0.39, 0.29) is 33.4 Å². The first kappa shape index (κ1) is 15.3. The number of benzene rings is 1. The highest BCUT2D eigenvalue weighted by Crippen LogP contribution is 2.21. The van der Waals surface area contributed by atoms with Crippen LogP contribution < -0.4 is 4.72 Å². The van der Waals surface area contributed by atoms with Crippen LogP contribution in [-0.4, -0.2) is 34.4 Å². The third kappa shape index (κ3) is 3.30. The Morgan fingerprint density at radius 1 is 1.40 bits per heavy atom. The fraction of sp³-hybridized carbons (Fsp3) is 0.364. The summed E-state index contributed by atoms with van der Waals surface area (Å²) in [6, 6.07) is 4.95. The third-order valence-corrected chi connectivity index (χ3v) is 6.52. The van der Waals surface area contributed by atoms with Crippen molar-refractivity contribution in [2.75, 3.05) is 11.5 Å². The maximum absolute atomic E-state index is 12.1. The molecule has 1 heterocycles. The van der Waals surface area contributed by atoms with Crippen LogP contribution in [0, 0.1) is 11.3 Å². The van der Waals surface area contributed by atoms with E-state index in [1.54, 1.807) is 0 Å². The fourth-order valence-corrected chi connectivity index (χ4v) is 5.29. The Labute approximate surface area is 122 Å². The van der Waals surface area contributed by atoms with E-state index in [0.29, 0.717) is 0 Å². The molecule has 0 spiro atoms. The third-order valence-electron chi connectivity index (χ3n) is 2.93. The van der Waals surface area contributed by atoms with Crippen molar-refractivity contribution in [3.05, 3.63) is 28.8 Å². The molecule has 1 aliphatic rings. The second-order valence-electron chi connectivity index (χ2n) is 4.47. The van der Waals surface area contributed by atoms with Crippen molar-refractivity contribution < 1.29 is 16.8 Å². The van der Waals surface area contributed by atoms with Crippen LogP contribution in [0.3, 0.4) is 0 Å². The van der Waals surface area contributed by atoms with Gasteiger partial charge in [0.1, 0.15) is 6.07 Å². The normalized spacial score (nSPS) is 21.5. The molecule has 0 bridgehead atoms. The molecule has 0 saturated carbocycles. The van der Waals surface area contributed by atoms with E-state index in [9.17, 15) is 16.8 Å². The second kappa shape index (κ2) is 5.33. The lowest BCUT2D eigenvalue weighted by molar-refractivity contribution is 0.562. The Morgan fingerprint density at radius 3 is 2.60 bits per heavy atom. The van der Waals surface area contributed by atoms with Crippen molar-refractivity contribution in [1.82, 2.24) is 4.72 Å². The van der Waals surface area contributed by atoms with Gasteiger partial charge in [-0.25, -0.2) is 21.6 Å². The van der Waals surface area contributed by atoms with E-state index < -0.39 is 25.9 Å². The van der Waals surface area contributed by atoms with Crippen LogP contribution in [0.1, 0.15) is 12.0 Å². The molecule has 0 amide bonds. The molecule has 0 aliphatic carbocycles. The summed E-state index contributed by atoms with van der Waals surface area (Å²) in [7, 11) is -7.01. The van der Waals surface area contributed by atoms with Crippen molar-refractivity contribution >= 4 is 31.5 Å². The molecule has 1 aromatic rings. The molecule has 2 rings (SSSR count). The Morgan fingerprint density at radius 2 is 2.10 bits per heavy atom. The first-order chi connectivity index (χ1) is 9.23. The van der Waals surface area contributed by atoms with Gasteiger partial charge in [0, 0.05) is 6.04 Å². The smallest absolute Gasteiger partial charge is 0.229 e. The van der Waals surface area contributed by atoms with E-state index >= 15 is 0 Å². The van der Waals surface area contributed by atoms with Gasteiger partial charge in [0.05, 0.1) is 27.0 Å². The zero-order valence-electron chi connectivity index (χ0n) is 10.2. The van der Waals surface area contributed by atoms with Gasteiger partial charge >= 0.3 is 0 Å². The Bertz CT molecular complexity index is 781. The minimum Gasteiger partial charge on any atom is -0.229 e. The zero-order chi connectivity index (χ0) is 15.0. The number of sulfone groups is 1. The van der Waals surface area contributed by atoms with Gasteiger partial charge in [-0.15, -0.1) is 0 Å². The number of nitriles is 1. The van der Waals surface area contributed by atoms with Gasteiger partial charge in [0.2, 0.25) is 10.0 Å². The minimum atomic E-state index is -3.85. The molecule has 1 aromatic carbocycles. The lowest BCUT2D eigenvalue weighted by atomic mass is 10.2. The van der Waals surface area contributed by atoms with Crippen LogP contribution in [0.25, 0.3) is 0 Å². The Balaban J connectivity index is 2.24. The topological polar surface area (TPSA) is 104 Å². The molecule has 108 valence electrons. The monoisotopic (exact) mass is 334 g/mol. The molecule has 6 nitrogen and oxygen atoms in total. The Kier molecular flexibility index (Phi) is 4.07. The number of rotatable bonds is 3. The van der Waals surface area contributed by atoms with Gasteiger partial charge in [-0.1, -0.05) is 11.6 Å². The molecule has 9 heteroatoms. The van der Waals surface area contributed by atoms with Crippen LogP contribution in [0.4, 0.5) is 0 Å². The predicted molar refractivity (Wildman–Crippen MR) is 73.5 cm³/mol. The van der Waals surface area contributed by atoms with E-state index in [1.165, 1.54) is 18.2 Å². The molecule has 20 heavy (non-hydrogen) atoms. The summed E-state index contributed by atoms with van der Waals surface area (Å²) in [5.74, 6) is -0.218. The average molecular weight is 335 g/mol. The molecule has 1 aliphatic heterocycles. The molecule has 1 atom stereocenters. The number of nitrogens with one attached hydrogen (secondary N) is 1. The van der Waals surface area contributed by atoms with Crippen molar-refractivity contribution in [3.8, 4) is 6.07 Å². The van der Waals surface area contributed by atoms with Crippen molar-refractivity contribution in [1.29, 1.82) is 5.26 Å². The summed E-state index contributed by atoms with van der Waals surface area (Å²) in [6.45, 7) is 0. The number of hydrogen-bond donors (Lipinski definition) is 1. The molecule has 1 unspecified atom stereocenters. The molecule has 1 fully saturated rings. The standard InChI is InChI=1S/C11H11ClN2O4S2/c12-11-5-10(2-1-8(11)6-13)20(17,18)14-9-3-4-19(15,16)7-9/h1-2,5,9,14H,3-4,7H2. The largest absolute Gasteiger partial charge is 0.240 e. The van der Waals surface area contributed by atoms with Gasteiger partial charge in [0.25, 0.3) is 0 Å². The SMILES string of the molecule is N#Cc1ccc(S(=O)(=O)NC2CCS(=O)(=O)C2)cc1Cl. The summed E-state index contributed by atoms with van der Waals surface area (Å²) in [5.41, 5.74) is 0.175. The molecule has 1 N–H and O–H groups in total. The predicted octanol–water partition coefficient (Wildman–Crippen LogP) is 0.677. The van der Waals surface area contributed by atoms with Gasteiger partial charge in [-0.05, 0) is 24.6 Å². The van der Waals surface area contributed by atoms with Gasteiger partial charge in [-0.3, -0.25) is 0 Å². The van der Waals surface area contributed by atoms with Crippen LogP contribution in [0.5, 0.6) is 0 Å². The van der Waals surface area contributed by atoms with Crippen molar-refractivity contribution in [2.45, 2.75) is 17.4 Å². The van der Waals surface area contributed by atoms with E-state index in [2.05, 4.69) is 4.72 Å². The molecule has 1 saturated heterocycles. The van der Waals surface area contributed by atoms with Gasteiger partial charge in [0.15, 0.2) is 9.84 Å². The zero-order valence-corrected chi connectivity index (χ0v) is 12.6. The van der Waals surface area contributed by atoms with Crippen LogP contribution in [0.2, 0.25) is 5.02 Å². The van der Waals surface area contributed by atoms with Gasteiger partial charge < -0.3 is 0 Å². The van der Waals surface area contributed by atoms with Crippen molar-refractivity contribution in [3.63, 3.8) is 0 Å². The van der Waals surface area contributed by atoms with E-state index in [1.807, 2.05) is 6.07 Å². The molecular formula is C11H11ClN2O4S2. The highest BCUT2D eigenvalue weighted by molar-refractivity contribution is 7.92. The summed E-state index contributed by atoms with van der Waals surface area (Å²) in [4.78, 5) is -0.0919. The Hall–Kier alpha value is -1.14. The number of sulfonamides is 1. The van der Waals surface area contributed by atoms with Crippen LogP contribution in [0.15, 0.2) is 23.1 Å². The summed E-state index contributed by atoms with van der Waals surface area (Å²) < 4.78 is 49.2. The minimum absolute atomic E-state index is 0.0195.